The van der Waals surface area contributed by atoms with Crippen LogP contribution in [0.1, 0.15) is 74.6 Å². The summed E-state index contributed by atoms with van der Waals surface area (Å²) in [7, 11) is 0. The molecule has 1 aromatic carbocycles. The Kier molecular flexibility index (Phi) is 6.18. The van der Waals surface area contributed by atoms with Crippen molar-refractivity contribution in [2.45, 2.75) is 64.2 Å². The van der Waals surface area contributed by atoms with Gasteiger partial charge in [-0.25, -0.2) is 0 Å². The number of carbonyl (C=O) groups excluding carboxylic acids is 2. The third-order valence-electron chi connectivity index (χ3n) is 6.61. The molecule has 0 aromatic heterocycles. The van der Waals surface area contributed by atoms with Crippen LogP contribution in [-0.2, 0) is 4.79 Å². The van der Waals surface area contributed by atoms with Crippen molar-refractivity contribution in [1.82, 2.24) is 4.90 Å². The van der Waals surface area contributed by atoms with Crippen molar-refractivity contribution in [3.8, 4) is 0 Å². The molecule has 0 spiro atoms. The zero-order chi connectivity index (χ0) is 19.3. The van der Waals surface area contributed by atoms with Gasteiger partial charge >= 0.3 is 0 Å². The molecule has 1 saturated carbocycles. The molecule has 2 heterocycles. The van der Waals surface area contributed by atoms with E-state index in [4.69, 9.17) is 0 Å². The van der Waals surface area contributed by atoms with E-state index >= 15 is 0 Å². The second kappa shape index (κ2) is 8.97. The van der Waals surface area contributed by atoms with E-state index in [1.165, 1.54) is 38.5 Å². The topological polar surface area (TPSA) is 52.7 Å². The van der Waals surface area contributed by atoms with Gasteiger partial charge in [-0.15, -0.1) is 0 Å². The van der Waals surface area contributed by atoms with Crippen LogP contribution in [0.5, 0.6) is 0 Å². The number of rotatable bonds is 6. The molecule has 1 aromatic rings. The monoisotopic (exact) mass is 383 g/mol. The van der Waals surface area contributed by atoms with Crippen molar-refractivity contribution in [3.05, 3.63) is 23.8 Å². The van der Waals surface area contributed by atoms with E-state index in [2.05, 4.69) is 10.2 Å². The average molecular weight is 384 g/mol. The summed E-state index contributed by atoms with van der Waals surface area (Å²) in [4.78, 5) is 29.9. The number of benzene rings is 1. The maximum absolute atomic E-state index is 13.1. The molecule has 0 bridgehead atoms. The van der Waals surface area contributed by atoms with Gasteiger partial charge in [0.05, 0.1) is 5.56 Å². The lowest BCUT2D eigenvalue weighted by atomic mass is 10.0. The van der Waals surface area contributed by atoms with Crippen molar-refractivity contribution < 1.29 is 9.59 Å². The Morgan fingerprint density at radius 3 is 2.32 bits per heavy atom. The highest BCUT2D eigenvalue weighted by Gasteiger charge is 2.25. The number of likely N-dealkylation sites (tertiary alicyclic amines) is 1. The van der Waals surface area contributed by atoms with Crippen LogP contribution in [-0.4, -0.2) is 42.9 Å². The molecule has 0 radical (unpaired) electrons. The highest BCUT2D eigenvalue weighted by atomic mass is 16.2. The molecule has 0 unspecified atom stereocenters. The fourth-order valence-corrected chi connectivity index (χ4v) is 4.97. The number of hydrogen-bond donors (Lipinski definition) is 1. The van der Waals surface area contributed by atoms with Crippen LogP contribution in [0.2, 0.25) is 0 Å². The average Bonchev–Trinajstić information content (AvgIpc) is 3.49. The third kappa shape index (κ3) is 4.50. The van der Waals surface area contributed by atoms with Crippen LogP contribution in [0.4, 0.5) is 11.4 Å². The van der Waals surface area contributed by atoms with E-state index < -0.39 is 0 Å². The van der Waals surface area contributed by atoms with E-state index in [9.17, 15) is 9.59 Å². The highest BCUT2D eigenvalue weighted by Crippen LogP contribution is 2.31. The van der Waals surface area contributed by atoms with Gasteiger partial charge in [-0.1, -0.05) is 25.7 Å². The molecule has 3 fully saturated rings. The van der Waals surface area contributed by atoms with Crippen molar-refractivity contribution in [2.75, 3.05) is 36.4 Å². The van der Waals surface area contributed by atoms with Crippen LogP contribution in [0.3, 0.4) is 0 Å². The minimum absolute atomic E-state index is 0.0698. The smallest absolute Gasteiger partial charge is 0.256 e. The maximum atomic E-state index is 13.1. The fraction of sp³-hybridized carbons (Fsp3) is 0.652. The van der Waals surface area contributed by atoms with Gasteiger partial charge in [0.25, 0.3) is 5.91 Å². The lowest BCUT2D eigenvalue weighted by molar-refractivity contribution is -0.116. The Balaban J connectivity index is 1.47. The molecular formula is C23H33N3O2. The highest BCUT2D eigenvalue weighted by molar-refractivity contribution is 6.02. The van der Waals surface area contributed by atoms with E-state index in [1.54, 1.807) is 0 Å². The van der Waals surface area contributed by atoms with Gasteiger partial charge in [0.2, 0.25) is 5.91 Å². The summed E-state index contributed by atoms with van der Waals surface area (Å²) in [6.45, 7) is 3.70. The van der Waals surface area contributed by atoms with Crippen LogP contribution < -0.4 is 10.2 Å². The molecule has 5 heteroatoms. The number of anilines is 2. The fourth-order valence-electron chi connectivity index (χ4n) is 4.97. The summed E-state index contributed by atoms with van der Waals surface area (Å²) in [5, 5.41) is 3.04. The molecule has 28 heavy (non-hydrogen) atoms. The molecule has 4 rings (SSSR count). The Bertz CT molecular complexity index is 700. The first-order chi connectivity index (χ1) is 13.7. The molecule has 2 aliphatic heterocycles. The second-order valence-electron chi connectivity index (χ2n) is 8.66. The molecule has 2 amide bonds. The molecule has 2 saturated heterocycles. The summed E-state index contributed by atoms with van der Waals surface area (Å²) in [5.41, 5.74) is 2.53. The first-order valence-electron chi connectivity index (χ1n) is 11.2. The maximum Gasteiger partial charge on any atom is 0.256 e. The van der Waals surface area contributed by atoms with Gasteiger partial charge in [-0.05, 0) is 56.2 Å². The van der Waals surface area contributed by atoms with E-state index in [0.717, 1.165) is 68.3 Å². The minimum Gasteiger partial charge on any atom is -0.371 e. The van der Waals surface area contributed by atoms with Crippen molar-refractivity contribution in [1.29, 1.82) is 0 Å². The van der Waals surface area contributed by atoms with Gasteiger partial charge in [0.15, 0.2) is 0 Å². The standard InChI is InChI=1S/C23H33N3O2/c27-22(12-9-18-7-1-2-8-18)24-19-10-11-21(25-13-3-4-14-25)20(17-19)23(28)26-15-5-6-16-26/h10-11,17-18H,1-9,12-16H2,(H,24,27). The van der Waals surface area contributed by atoms with Gasteiger partial charge in [-0.2, -0.15) is 0 Å². The van der Waals surface area contributed by atoms with E-state index in [0.29, 0.717) is 6.42 Å². The van der Waals surface area contributed by atoms with E-state index in [-0.39, 0.29) is 11.8 Å². The summed E-state index contributed by atoms with van der Waals surface area (Å²) < 4.78 is 0. The Labute approximate surface area is 168 Å². The third-order valence-corrected chi connectivity index (χ3v) is 6.61. The number of nitrogens with one attached hydrogen (secondary N) is 1. The van der Waals surface area contributed by atoms with Gasteiger partial charge in [0.1, 0.15) is 0 Å². The second-order valence-corrected chi connectivity index (χ2v) is 8.66. The molecule has 1 aliphatic carbocycles. The van der Waals surface area contributed by atoms with Crippen molar-refractivity contribution in [3.63, 3.8) is 0 Å². The first kappa shape index (κ1) is 19.3. The van der Waals surface area contributed by atoms with Crippen molar-refractivity contribution >= 4 is 23.2 Å². The summed E-state index contributed by atoms with van der Waals surface area (Å²) in [6, 6.07) is 5.89. The molecular weight excluding hydrogens is 350 g/mol. The Hall–Kier alpha value is -2.04. The zero-order valence-electron chi connectivity index (χ0n) is 16.9. The lowest BCUT2D eigenvalue weighted by Gasteiger charge is -2.24. The number of amides is 2. The number of hydrogen-bond acceptors (Lipinski definition) is 3. The predicted molar refractivity (Wildman–Crippen MR) is 113 cm³/mol. The molecule has 3 aliphatic rings. The van der Waals surface area contributed by atoms with Crippen LogP contribution in [0, 0.1) is 5.92 Å². The SMILES string of the molecule is O=C(CCC1CCCC1)Nc1ccc(N2CCCC2)c(C(=O)N2CCCC2)c1. The zero-order valence-corrected chi connectivity index (χ0v) is 16.9. The number of carbonyl (C=O) groups is 2. The van der Waals surface area contributed by atoms with Gasteiger partial charge < -0.3 is 15.1 Å². The summed E-state index contributed by atoms with van der Waals surface area (Å²) in [6.07, 6.45) is 11.3. The van der Waals surface area contributed by atoms with Gasteiger partial charge in [0, 0.05) is 44.0 Å². The number of nitrogens with zero attached hydrogens (tertiary/aromatic N) is 2. The quantitative estimate of drug-likeness (QED) is 0.790. The summed E-state index contributed by atoms with van der Waals surface area (Å²) in [5.74, 6) is 0.900. The predicted octanol–water partition coefficient (Wildman–Crippen LogP) is 4.43. The van der Waals surface area contributed by atoms with E-state index in [1.807, 2.05) is 23.1 Å². The Morgan fingerprint density at radius 1 is 0.929 bits per heavy atom. The Morgan fingerprint density at radius 2 is 1.61 bits per heavy atom. The van der Waals surface area contributed by atoms with Crippen LogP contribution in [0.15, 0.2) is 18.2 Å². The van der Waals surface area contributed by atoms with Crippen LogP contribution in [0.25, 0.3) is 0 Å². The molecule has 0 atom stereocenters. The van der Waals surface area contributed by atoms with Gasteiger partial charge in [-0.3, -0.25) is 9.59 Å². The molecule has 5 nitrogen and oxygen atoms in total. The lowest BCUT2D eigenvalue weighted by Crippen LogP contribution is -2.30. The normalized spacial score (nSPS) is 20.1. The largest absolute Gasteiger partial charge is 0.371 e. The molecule has 1 N–H and O–H groups in total. The van der Waals surface area contributed by atoms with Crippen LogP contribution >= 0.6 is 0 Å². The van der Waals surface area contributed by atoms with Crippen molar-refractivity contribution in [2.24, 2.45) is 5.92 Å². The first-order valence-corrected chi connectivity index (χ1v) is 11.2. The minimum atomic E-state index is 0.0698. The molecule has 152 valence electrons. The summed E-state index contributed by atoms with van der Waals surface area (Å²) >= 11 is 0.